The molecule has 3 aromatic rings. The van der Waals surface area contributed by atoms with Crippen LogP contribution in [0, 0.1) is 13.8 Å². The zero-order chi connectivity index (χ0) is 18.1. The van der Waals surface area contributed by atoms with E-state index in [1.54, 1.807) is 0 Å². The smallest absolute Gasteiger partial charge is 0.210 e. The van der Waals surface area contributed by atoms with Gasteiger partial charge in [0, 0.05) is 5.56 Å². The molecule has 1 heterocycles. The standard InChI is InChI=1S/C20H20N4OS/c1-13-3-7-15(8-4-13)18(25)19(16-9-5-14(2)6-10-16)26-20-21-22-23-24(20)17-11-12-17/h3-10,17,19H,11-12H2,1-2H3. The van der Waals surface area contributed by atoms with Crippen molar-refractivity contribution in [2.24, 2.45) is 0 Å². The van der Waals surface area contributed by atoms with Crippen molar-refractivity contribution in [2.75, 3.05) is 0 Å². The molecule has 0 spiro atoms. The molecule has 6 heteroatoms. The zero-order valence-corrected chi connectivity index (χ0v) is 15.6. The van der Waals surface area contributed by atoms with E-state index in [1.165, 1.54) is 17.3 Å². The lowest BCUT2D eigenvalue weighted by Crippen LogP contribution is -2.11. The maximum atomic E-state index is 13.3. The van der Waals surface area contributed by atoms with E-state index < -0.39 is 0 Å². The molecular weight excluding hydrogens is 344 g/mol. The molecule has 1 atom stereocenters. The van der Waals surface area contributed by atoms with Crippen molar-refractivity contribution in [2.45, 2.75) is 43.1 Å². The molecule has 1 fully saturated rings. The van der Waals surface area contributed by atoms with Crippen LogP contribution in [-0.4, -0.2) is 26.0 Å². The maximum absolute atomic E-state index is 13.3. The number of rotatable bonds is 6. The Balaban J connectivity index is 1.68. The molecule has 0 saturated heterocycles. The number of carbonyl (C=O) groups is 1. The summed E-state index contributed by atoms with van der Waals surface area (Å²) in [5.74, 6) is 0.0733. The fraction of sp³-hybridized carbons (Fsp3) is 0.300. The van der Waals surface area contributed by atoms with E-state index in [-0.39, 0.29) is 11.0 Å². The molecule has 4 rings (SSSR count). The Morgan fingerprint density at radius 3 is 2.27 bits per heavy atom. The summed E-state index contributed by atoms with van der Waals surface area (Å²) in [6, 6.07) is 16.2. The number of carbonyl (C=O) groups excluding carboxylic acids is 1. The molecule has 0 aliphatic heterocycles. The van der Waals surface area contributed by atoms with Crippen LogP contribution >= 0.6 is 11.8 Å². The van der Waals surface area contributed by atoms with Gasteiger partial charge >= 0.3 is 0 Å². The lowest BCUT2D eigenvalue weighted by Gasteiger charge is -2.16. The van der Waals surface area contributed by atoms with Gasteiger partial charge in [0.25, 0.3) is 0 Å². The first-order valence-electron chi connectivity index (χ1n) is 8.74. The fourth-order valence-corrected chi connectivity index (χ4v) is 3.92. The van der Waals surface area contributed by atoms with Crippen LogP contribution in [0.2, 0.25) is 0 Å². The van der Waals surface area contributed by atoms with E-state index in [0.717, 1.165) is 24.0 Å². The van der Waals surface area contributed by atoms with Crippen molar-refractivity contribution in [1.29, 1.82) is 0 Å². The normalized spacial score (nSPS) is 15.0. The highest BCUT2D eigenvalue weighted by molar-refractivity contribution is 8.00. The molecular formula is C20H20N4OS. The zero-order valence-electron chi connectivity index (χ0n) is 14.8. The summed E-state index contributed by atoms with van der Waals surface area (Å²) in [4.78, 5) is 13.3. The minimum absolute atomic E-state index is 0.0733. The second-order valence-electron chi connectivity index (χ2n) is 6.78. The van der Waals surface area contributed by atoms with Gasteiger partial charge in [0.2, 0.25) is 5.16 Å². The van der Waals surface area contributed by atoms with Crippen molar-refractivity contribution < 1.29 is 4.79 Å². The lowest BCUT2D eigenvalue weighted by molar-refractivity contribution is 0.0989. The summed E-state index contributed by atoms with van der Waals surface area (Å²) >= 11 is 1.43. The number of aryl methyl sites for hydroxylation is 2. The molecule has 1 unspecified atom stereocenters. The number of hydrogen-bond acceptors (Lipinski definition) is 5. The van der Waals surface area contributed by atoms with Gasteiger partial charge in [0.15, 0.2) is 5.78 Å². The summed E-state index contributed by atoms with van der Waals surface area (Å²) in [5.41, 5.74) is 3.98. The summed E-state index contributed by atoms with van der Waals surface area (Å²) in [5, 5.41) is 12.4. The van der Waals surface area contributed by atoms with E-state index in [4.69, 9.17) is 0 Å². The van der Waals surface area contributed by atoms with Gasteiger partial charge in [-0.3, -0.25) is 4.79 Å². The van der Waals surface area contributed by atoms with Crippen LogP contribution in [0.1, 0.15) is 51.2 Å². The minimum Gasteiger partial charge on any atom is -0.293 e. The number of ketones is 1. The van der Waals surface area contributed by atoms with Gasteiger partial charge in [-0.2, -0.15) is 0 Å². The quantitative estimate of drug-likeness (QED) is 0.481. The van der Waals surface area contributed by atoms with Crippen LogP contribution in [0.4, 0.5) is 0 Å². The van der Waals surface area contributed by atoms with Crippen molar-refractivity contribution in [3.05, 3.63) is 70.8 Å². The van der Waals surface area contributed by atoms with Gasteiger partial charge in [-0.15, -0.1) is 5.10 Å². The Labute approximate surface area is 156 Å². The minimum atomic E-state index is -0.373. The highest BCUT2D eigenvalue weighted by atomic mass is 32.2. The number of tetrazole rings is 1. The highest BCUT2D eigenvalue weighted by Crippen LogP contribution is 2.41. The van der Waals surface area contributed by atoms with Crippen LogP contribution in [0.15, 0.2) is 53.7 Å². The monoisotopic (exact) mass is 364 g/mol. The average Bonchev–Trinajstić information content (AvgIpc) is 3.39. The van der Waals surface area contributed by atoms with E-state index >= 15 is 0 Å². The molecule has 1 aliphatic rings. The van der Waals surface area contributed by atoms with Crippen LogP contribution < -0.4 is 0 Å². The Morgan fingerprint density at radius 2 is 1.65 bits per heavy atom. The molecule has 0 amide bonds. The molecule has 0 bridgehead atoms. The van der Waals surface area contributed by atoms with Gasteiger partial charge in [0.1, 0.15) is 5.25 Å². The first-order chi connectivity index (χ1) is 12.6. The Morgan fingerprint density at radius 1 is 1.04 bits per heavy atom. The number of aromatic nitrogens is 4. The van der Waals surface area contributed by atoms with Crippen LogP contribution in [0.5, 0.6) is 0 Å². The van der Waals surface area contributed by atoms with Crippen molar-refractivity contribution in [3.8, 4) is 0 Å². The number of benzene rings is 2. The molecule has 2 aromatic carbocycles. The van der Waals surface area contributed by atoms with Crippen molar-refractivity contribution >= 4 is 17.5 Å². The predicted octanol–water partition coefficient (Wildman–Crippen LogP) is 4.34. The topological polar surface area (TPSA) is 60.7 Å². The Bertz CT molecular complexity index is 914. The number of nitrogens with zero attached hydrogens (tertiary/aromatic N) is 4. The first kappa shape index (κ1) is 17.0. The third-order valence-corrected chi connectivity index (χ3v) is 5.73. The van der Waals surface area contributed by atoms with Crippen LogP contribution in [0.3, 0.4) is 0 Å². The lowest BCUT2D eigenvalue weighted by atomic mass is 10.0. The third-order valence-electron chi connectivity index (χ3n) is 4.53. The van der Waals surface area contributed by atoms with Gasteiger partial charge in [-0.05, 0) is 42.7 Å². The van der Waals surface area contributed by atoms with Crippen molar-refractivity contribution in [3.63, 3.8) is 0 Å². The molecule has 1 saturated carbocycles. The Hall–Kier alpha value is -2.47. The Kier molecular flexibility index (Phi) is 4.59. The second kappa shape index (κ2) is 7.03. The molecule has 0 N–H and O–H groups in total. The van der Waals surface area contributed by atoms with Gasteiger partial charge in [0.05, 0.1) is 6.04 Å². The number of hydrogen-bond donors (Lipinski definition) is 0. The molecule has 26 heavy (non-hydrogen) atoms. The van der Waals surface area contributed by atoms with Crippen LogP contribution in [-0.2, 0) is 0 Å². The second-order valence-corrected chi connectivity index (χ2v) is 7.85. The average molecular weight is 364 g/mol. The van der Waals surface area contributed by atoms with E-state index in [9.17, 15) is 4.79 Å². The van der Waals surface area contributed by atoms with E-state index in [1.807, 2.05) is 67.1 Å². The SMILES string of the molecule is Cc1ccc(C(=O)C(Sc2nnnn2C2CC2)c2ccc(C)cc2)cc1. The molecule has 1 aliphatic carbocycles. The van der Waals surface area contributed by atoms with Crippen molar-refractivity contribution in [1.82, 2.24) is 20.2 Å². The summed E-state index contributed by atoms with van der Waals surface area (Å²) < 4.78 is 1.86. The van der Waals surface area contributed by atoms with E-state index in [0.29, 0.717) is 16.8 Å². The summed E-state index contributed by atoms with van der Waals surface area (Å²) in [6.07, 6.45) is 2.19. The van der Waals surface area contributed by atoms with Gasteiger partial charge in [-0.25, -0.2) is 4.68 Å². The molecule has 0 radical (unpaired) electrons. The van der Waals surface area contributed by atoms with E-state index in [2.05, 4.69) is 15.5 Å². The summed E-state index contributed by atoms with van der Waals surface area (Å²) in [7, 11) is 0. The maximum Gasteiger partial charge on any atom is 0.210 e. The number of Topliss-reactive ketones (excluding diaryl/α,β-unsaturated/α-hetero) is 1. The first-order valence-corrected chi connectivity index (χ1v) is 9.62. The largest absolute Gasteiger partial charge is 0.293 e. The fourth-order valence-electron chi connectivity index (χ4n) is 2.80. The van der Waals surface area contributed by atoms with Crippen LogP contribution in [0.25, 0.3) is 0 Å². The van der Waals surface area contributed by atoms with Gasteiger partial charge in [-0.1, -0.05) is 71.4 Å². The van der Waals surface area contributed by atoms with Gasteiger partial charge < -0.3 is 0 Å². The summed E-state index contributed by atoms with van der Waals surface area (Å²) in [6.45, 7) is 4.06. The molecule has 1 aromatic heterocycles. The third kappa shape index (κ3) is 3.55. The molecule has 5 nitrogen and oxygen atoms in total. The number of thioether (sulfide) groups is 1. The highest BCUT2D eigenvalue weighted by Gasteiger charge is 2.31. The predicted molar refractivity (Wildman–Crippen MR) is 101 cm³/mol. The molecule has 132 valence electrons.